The van der Waals surface area contributed by atoms with Gasteiger partial charge < -0.3 is 39.9 Å². The Morgan fingerprint density at radius 2 is 1.22 bits per heavy atom. The molecule has 4 aromatic rings. The lowest BCUT2D eigenvalue weighted by atomic mass is 10.0. The summed E-state index contributed by atoms with van der Waals surface area (Å²) in [7, 11) is 2.58. The lowest BCUT2D eigenvalue weighted by molar-refractivity contribution is -0.136. The van der Waals surface area contributed by atoms with Gasteiger partial charge in [0.25, 0.3) is 0 Å². The smallest absolute Gasteiger partial charge is 0.407 e. The topological polar surface area (TPSA) is 175 Å². The second kappa shape index (κ2) is 17.3. The summed E-state index contributed by atoms with van der Waals surface area (Å²) in [5.74, 6) is 7.94. The van der Waals surface area contributed by atoms with Crippen molar-refractivity contribution in [2.24, 2.45) is 23.7 Å². The van der Waals surface area contributed by atoms with Crippen LogP contribution in [0.4, 0.5) is 9.59 Å². The molecule has 0 aliphatic carbocycles. The summed E-state index contributed by atoms with van der Waals surface area (Å²) in [6, 6.07) is 10.4. The van der Waals surface area contributed by atoms with Crippen LogP contribution in [0.3, 0.4) is 0 Å². The molecule has 0 saturated carbocycles. The lowest BCUT2D eigenvalue weighted by Crippen LogP contribution is -2.51. The second-order valence-corrected chi connectivity index (χ2v) is 16.6. The quantitative estimate of drug-likeness (QED) is 0.138. The summed E-state index contributed by atoms with van der Waals surface area (Å²) in [6.07, 6.45) is 0.237. The number of aromatic nitrogens is 4. The molecular weight excluding hydrogens is 737 g/mol. The molecule has 308 valence electrons. The molecule has 2 aromatic heterocycles. The number of imidazole rings is 2. The van der Waals surface area contributed by atoms with Crippen molar-refractivity contribution in [1.82, 2.24) is 40.4 Å². The van der Waals surface area contributed by atoms with Crippen molar-refractivity contribution >= 4 is 34.8 Å². The van der Waals surface area contributed by atoms with E-state index >= 15 is 0 Å². The highest BCUT2D eigenvalue weighted by Gasteiger charge is 2.42. The van der Waals surface area contributed by atoms with Gasteiger partial charge in [-0.1, -0.05) is 65.7 Å². The molecule has 6 rings (SSSR count). The minimum Gasteiger partial charge on any atom is -0.453 e. The van der Waals surface area contributed by atoms with Crippen molar-refractivity contribution in [2.45, 2.75) is 92.4 Å². The number of benzene rings is 2. The Hall–Kier alpha value is -5.84. The van der Waals surface area contributed by atoms with E-state index < -0.39 is 24.3 Å². The predicted octanol–water partition coefficient (Wildman–Crippen LogP) is 6.55. The van der Waals surface area contributed by atoms with Crippen LogP contribution in [0.25, 0.3) is 22.0 Å². The highest BCUT2D eigenvalue weighted by Crippen LogP contribution is 2.38. The van der Waals surface area contributed by atoms with Crippen molar-refractivity contribution < 1.29 is 28.7 Å². The van der Waals surface area contributed by atoms with E-state index in [9.17, 15) is 19.2 Å². The van der Waals surface area contributed by atoms with Crippen LogP contribution in [-0.4, -0.2) is 93.1 Å². The van der Waals surface area contributed by atoms with Gasteiger partial charge in [-0.15, -0.1) is 0 Å². The van der Waals surface area contributed by atoms with Crippen molar-refractivity contribution in [1.29, 1.82) is 0 Å². The van der Waals surface area contributed by atoms with E-state index in [0.29, 0.717) is 24.6 Å². The van der Waals surface area contributed by atoms with Crippen molar-refractivity contribution in [3.63, 3.8) is 0 Å². The molecule has 0 spiro atoms. The van der Waals surface area contributed by atoms with Gasteiger partial charge in [0.15, 0.2) is 0 Å². The minimum atomic E-state index is -0.716. The van der Waals surface area contributed by atoms with Crippen LogP contribution >= 0.6 is 0 Å². The Morgan fingerprint density at radius 1 is 0.724 bits per heavy atom. The molecule has 2 fully saturated rings. The summed E-state index contributed by atoms with van der Waals surface area (Å²) in [5, 5.41) is 7.50. The Labute approximate surface area is 340 Å². The van der Waals surface area contributed by atoms with Crippen LogP contribution < -0.4 is 10.6 Å². The van der Waals surface area contributed by atoms with Gasteiger partial charge in [-0.05, 0) is 85.3 Å². The van der Waals surface area contributed by atoms with Crippen molar-refractivity contribution in [3.8, 4) is 23.1 Å². The first-order chi connectivity index (χ1) is 27.6. The number of aryl methyl sites for hydroxylation is 2. The number of carbonyl (C=O) groups excluding carboxylic acids is 4. The predicted molar refractivity (Wildman–Crippen MR) is 220 cm³/mol. The Balaban J connectivity index is 1.19. The normalized spacial score (nSPS) is 20.2. The van der Waals surface area contributed by atoms with Crippen LogP contribution in [0, 0.1) is 49.4 Å². The molecule has 4 amide bonds. The third-order valence-electron chi connectivity index (χ3n) is 11.3. The zero-order valence-corrected chi connectivity index (χ0v) is 35.1. The SMILES string of the molecule is COC(=O)N[C@H](C(=O)N1C[C@@H](C)C[C@H]1c1nc(C)c(C#Cc2ccc3cc(-c4[nH]c([C@@H]5C[C@H](C)CN5C(=O)[C@@H](NC(=O)OC)C(C)C)nc4C)ccc3c2)[nH]1)C(C)C. The summed E-state index contributed by atoms with van der Waals surface area (Å²) < 4.78 is 9.57. The first-order valence-corrected chi connectivity index (χ1v) is 20.1. The molecule has 4 heterocycles. The van der Waals surface area contributed by atoms with Crippen LogP contribution in [0.5, 0.6) is 0 Å². The third-order valence-corrected chi connectivity index (χ3v) is 11.3. The van der Waals surface area contributed by atoms with Crippen LogP contribution in [0.15, 0.2) is 36.4 Å². The summed E-state index contributed by atoms with van der Waals surface area (Å²) in [5.41, 5.74) is 4.99. The van der Waals surface area contributed by atoms with Gasteiger partial charge in [-0.3, -0.25) is 9.59 Å². The summed E-state index contributed by atoms with van der Waals surface area (Å²) in [4.78, 5) is 71.9. The zero-order valence-electron chi connectivity index (χ0n) is 35.1. The number of likely N-dealkylation sites (tertiary alicyclic amines) is 2. The molecule has 2 saturated heterocycles. The maximum atomic E-state index is 13.8. The van der Waals surface area contributed by atoms with E-state index in [-0.39, 0.29) is 47.6 Å². The molecular formula is C44H56N8O6. The van der Waals surface area contributed by atoms with Gasteiger partial charge >= 0.3 is 12.2 Å². The van der Waals surface area contributed by atoms with E-state index in [1.807, 2.05) is 57.4 Å². The second-order valence-electron chi connectivity index (χ2n) is 16.6. The number of rotatable bonds is 9. The summed E-state index contributed by atoms with van der Waals surface area (Å²) in [6.45, 7) is 16.8. The number of nitrogens with zero attached hydrogens (tertiary/aromatic N) is 4. The molecule has 14 heteroatoms. The van der Waals surface area contributed by atoms with Gasteiger partial charge in [0.05, 0.1) is 43.4 Å². The van der Waals surface area contributed by atoms with E-state index in [2.05, 4.69) is 76.6 Å². The van der Waals surface area contributed by atoms with Gasteiger partial charge in [0, 0.05) is 24.2 Å². The number of hydrogen-bond donors (Lipinski definition) is 4. The molecule has 2 aliphatic heterocycles. The van der Waals surface area contributed by atoms with E-state index in [1.54, 1.807) is 0 Å². The van der Waals surface area contributed by atoms with Crippen LogP contribution in [0.1, 0.15) is 101 Å². The Morgan fingerprint density at radius 3 is 1.76 bits per heavy atom. The number of carbonyl (C=O) groups is 4. The first kappa shape index (κ1) is 41.8. The molecule has 4 N–H and O–H groups in total. The maximum absolute atomic E-state index is 13.8. The standard InChI is InChI=1S/C44H56N8O6/c1-23(2)36(49-43(55)57-9)41(53)51-21-25(5)17-34(51)39-45-27(7)33(47-39)16-12-29-11-13-31-20-32(15-14-30(31)19-29)38-28(8)46-40(48-38)35-18-26(6)22-52(35)42(54)37(24(3)4)50-44(56)58-10/h11,13-15,19-20,23-26,34-37H,17-18,21-22H2,1-10H3,(H,45,47)(H,46,48)(H,49,55)(H,50,56)/t25-,26-,34-,35-,36-,37-/m0/s1. The Kier molecular flexibility index (Phi) is 12.5. The van der Waals surface area contributed by atoms with Crippen molar-refractivity contribution in [3.05, 3.63) is 70.7 Å². The fourth-order valence-corrected chi connectivity index (χ4v) is 8.15. The highest BCUT2D eigenvalue weighted by molar-refractivity contribution is 5.89. The molecule has 0 radical (unpaired) electrons. The van der Waals surface area contributed by atoms with Crippen LogP contribution in [-0.2, 0) is 19.1 Å². The number of H-pyrrole nitrogens is 2. The van der Waals surface area contributed by atoms with Gasteiger partial charge in [-0.2, -0.15) is 0 Å². The number of aromatic amines is 2. The number of ether oxygens (including phenoxy) is 2. The molecule has 58 heavy (non-hydrogen) atoms. The molecule has 0 bridgehead atoms. The van der Waals surface area contributed by atoms with Gasteiger partial charge in [-0.25, -0.2) is 19.6 Å². The van der Waals surface area contributed by atoms with E-state index in [1.165, 1.54) is 14.2 Å². The molecule has 2 aliphatic rings. The number of amides is 4. The number of nitrogens with one attached hydrogen (secondary N) is 4. The lowest BCUT2D eigenvalue weighted by Gasteiger charge is -2.30. The Bertz CT molecular complexity index is 2250. The molecule has 6 atom stereocenters. The average molecular weight is 793 g/mol. The first-order valence-electron chi connectivity index (χ1n) is 20.1. The van der Waals surface area contributed by atoms with Crippen molar-refractivity contribution in [2.75, 3.05) is 27.3 Å². The van der Waals surface area contributed by atoms with Crippen LogP contribution in [0.2, 0.25) is 0 Å². The minimum absolute atomic E-state index is 0.123. The number of fused-ring (bicyclic) bond motifs is 1. The average Bonchev–Trinajstić information content (AvgIpc) is 3.98. The highest BCUT2D eigenvalue weighted by atomic mass is 16.5. The summed E-state index contributed by atoms with van der Waals surface area (Å²) >= 11 is 0. The monoisotopic (exact) mass is 792 g/mol. The maximum Gasteiger partial charge on any atom is 0.407 e. The fraction of sp³-hybridized carbons (Fsp3) is 0.500. The number of methoxy groups -OCH3 is 2. The van der Waals surface area contributed by atoms with E-state index in [4.69, 9.17) is 19.4 Å². The molecule has 14 nitrogen and oxygen atoms in total. The largest absolute Gasteiger partial charge is 0.453 e. The zero-order chi connectivity index (χ0) is 42.0. The fourth-order valence-electron chi connectivity index (χ4n) is 8.15. The molecule has 0 unspecified atom stereocenters. The van der Waals surface area contributed by atoms with Gasteiger partial charge in [0.1, 0.15) is 29.4 Å². The molecule has 2 aromatic carbocycles. The number of hydrogen-bond acceptors (Lipinski definition) is 8. The number of alkyl carbamates (subject to hydrolysis) is 2. The third kappa shape index (κ3) is 8.83. The van der Waals surface area contributed by atoms with Gasteiger partial charge in [0.2, 0.25) is 11.8 Å². The van der Waals surface area contributed by atoms with E-state index in [0.717, 1.165) is 57.6 Å².